The minimum absolute atomic E-state index is 0.249. The van der Waals surface area contributed by atoms with Crippen LogP contribution in [-0.2, 0) is 26.0 Å². The van der Waals surface area contributed by atoms with Crippen LogP contribution in [0.1, 0.15) is 36.5 Å². The Morgan fingerprint density at radius 1 is 0.759 bits per heavy atom. The minimum atomic E-state index is -0.483. The fraction of sp³-hybridized carbons (Fsp3) is 0.296. The number of ketones is 1. The van der Waals surface area contributed by atoms with Crippen LogP contribution in [0.3, 0.4) is 0 Å². The van der Waals surface area contributed by atoms with Crippen molar-refractivity contribution in [1.82, 2.24) is 0 Å². The van der Waals surface area contributed by atoms with Gasteiger partial charge in [0, 0.05) is 17.3 Å². The zero-order chi connectivity index (χ0) is 19.7. The fourth-order valence-corrected chi connectivity index (χ4v) is 7.11. The van der Waals surface area contributed by atoms with Crippen LogP contribution in [0.15, 0.2) is 91.0 Å². The van der Waals surface area contributed by atoms with Crippen molar-refractivity contribution in [2.75, 3.05) is 0 Å². The number of hydrogen-bond donors (Lipinski definition) is 0. The third-order valence-electron chi connectivity index (χ3n) is 8.01. The van der Waals surface area contributed by atoms with Crippen molar-refractivity contribution < 1.29 is 9.53 Å². The molecular weight excluding hydrogens is 356 g/mol. The van der Waals surface area contributed by atoms with Crippen molar-refractivity contribution in [3.05, 3.63) is 108 Å². The minimum Gasteiger partial charge on any atom is -0.357 e. The van der Waals surface area contributed by atoms with Gasteiger partial charge in [-0.2, -0.15) is 0 Å². The fourth-order valence-electron chi connectivity index (χ4n) is 7.11. The zero-order valence-electron chi connectivity index (χ0n) is 16.5. The molecule has 3 aliphatic rings. The molecule has 144 valence electrons. The monoisotopic (exact) mass is 380 g/mol. The summed E-state index contributed by atoms with van der Waals surface area (Å²) in [6.07, 6.45) is 0.921. The van der Waals surface area contributed by atoms with Gasteiger partial charge in [0.1, 0.15) is 11.7 Å². The smallest absolute Gasteiger partial charge is 0.162 e. The highest BCUT2D eigenvalue weighted by atomic mass is 16.5. The second-order valence-corrected chi connectivity index (χ2v) is 8.79. The van der Waals surface area contributed by atoms with Gasteiger partial charge in [0.15, 0.2) is 5.78 Å². The van der Waals surface area contributed by atoms with E-state index in [2.05, 4.69) is 91.9 Å². The maximum Gasteiger partial charge on any atom is 0.162 e. The van der Waals surface area contributed by atoms with E-state index in [1.807, 2.05) is 6.07 Å². The molecule has 0 N–H and O–H groups in total. The van der Waals surface area contributed by atoms with E-state index in [1.165, 1.54) is 16.7 Å². The average molecular weight is 380 g/mol. The molecule has 2 bridgehead atoms. The molecular formula is C27H24O2. The molecule has 3 aromatic carbocycles. The Hall–Kier alpha value is -2.71. The summed E-state index contributed by atoms with van der Waals surface area (Å²) in [6, 6.07) is 32.0. The Labute approximate surface area is 171 Å². The van der Waals surface area contributed by atoms with Crippen molar-refractivity contribution >= 4 is 5.78 Å². The van der Waals surface area contributed by atoms with Crippen LogP contribution in [0.4, 0.5) is 0 Å². The van der Waals surface area contributed by atoms with E-state index < -0.39 is 11.7 Å². The number of carbonyl (C=O) groups is 1. The van der Waals surface area contributed by atoms with Gasteiger partial charge in [-0.25, -0.2) is 0 Å². The van der Waals surface area contributed by atoms with Crippen LogP contribution in [0.25, 0.3) is 0 Å². The molecule has 0 amide bonds. The van der Waals surface area contributed by atoms with Crippen LogP contribution in [0.2, 0.25) is 0 Å². The first kappa shape index (κ1) is 17.2. The van der Waals surface area contributed by atoms with Gasteiger partial charge in [0.25, 0.3) is 0 Å². The molecule has 1 saturated carbocycles. The van der Waals surface area contributed by atoms with Gasteiger partial charge in [-0.05, 0) is 29.0 Å². The number of rotatable bonds is 3. The summed E-state index contributed by atoms with van der Waals surface area (Å²) < 4.78 is 6.88. The first-order valence-corrected chi connectivity index (χ1v) is 10.6. The van der Waals surface area contributed by atoms with E-state index in [4.69, 9.17) is 4.74 Å². The maximum absolute atomic E-state index is 13.2. The molecule has 5 atom stereocenters. The zero-order valence-corrected chi connectivity index (χ0v) is 16.5. The molecule has 2 heterocycles. The predicted molar refractivity (Wildman–Crippen MR) is 113 cm³/mol. The van der Waals surface area contributed by atoms with Gasteiger partial charge in [0.2, 0.25) is 0 Å². The van der Waals surface area contributed by atoms with E-state index in [9.17, 15) is 4.79 Å². The molecule has 2 nitrogen and oxygen atoms in total. The summed E-state index contributed by atoms with van der Waals surface area (Å²) in [6.45, 7) is 2.33. The average Bonchev–Trinajstić information content (AvgIpc) is 3.28. The lowest BCUT2D eigenvalue weighted by Gasteiger charge is -2.42. The molecule has 2 saturated heterocycles. The first-order valence-electron chi connectivity index (χ1n) is 10.6. The Morgan fingerprint density at radius 3 is 1.86 bits per heavy atom. The SMILES string of the molecule is C[C@@H]1[C@]2(c3ccccc3)[C@H]3O[C@](c4ccccc4)(CCC3=O)[C@]12c1ccccc1. The Balaban J connectivity index is 1.71. The molecule has 0 unspecified atom stereocenters. The van der Waals surface area contributed by atoms with E-state index in [1.54, 1.807) is 0 Å². The number of benzene rings is 3. The van der Waals surface area contributed by atoms with Crippen molar-refractivity contribution in [2.24, 2.45) is 5.92 Å². The quantitative estimate of drug-likeness (QED) is 0.627. The van der Waals surface area contributed by atoms with Gasteiger partial charge in [0.05, 0.1) is 0 Å². The Morgan fingerprint density at radius 2 is 1.28 bits per heavy atom. The lowest BCUT2D eigenvalue weighted by atomic mass is 9.68. The summed E-state index contributed by atoms with van der Waals surface area (Å²) >= 11 is 0. The number of ether oxygens (including phenoxy) is 1. The topological polar surface area (TPSA) is 26.3 Å². The predicted octanol–water partition coefficient (Wildman–Crippen LogP) is 5.17. The lowest BCUT2D eigenvalue weighted by Crippen LogP contribution is -2.46. The first-order chi connectivity index (χ1) is 14.2. The summed E-state index contributed by atoms with van der Waals surface area (Å²) in [4.78, 5) is 13.2. The molecule has 3 aromatic rings. The standard InChI is InChI=1S/C27H24O2/c1-19-26(21-13-7-3-8-14-21)24-23(28)17-18-25(29-24,20-11-5-2-6-12-20)27(19,26)22-15-9-4-10-16-22/h2-16,19,24H,17-18H2,1H3/t19-,24+,25+,26+,27-/m1/s1. The van der Waals surface area contributed by atoms with Crippen LogP contribution in [0.5, 0.6) is 0 Å². The largest absolute Gasteiger partial charge is 0.357 e. The maximum atomic E-state index is 13.2. The Kier molecular flexibility index (Phi) is 3.36. The molecule has 1 aliphatic carbocycles. The third kappa shape index (κ3) is 1.76. The van der Waals surface area contributed by atoms with Crippen molar-refractivity contribution in [2.45, 2.75) is 42.3 Å². The van der Waals surface area contributed by atoms with Gasteiger partial charge in [-0.15, -0.1) is 0 Å². The third-order valence-corrected chi connectivity index (χ3v) is 8.01. The summed E-state index contributed by atoms with van der Waals surface area (Å²) in [5.74, 6) is 0.561. The lowest BCUT2D eigenvalue weighted by molar-refractivity contribution is -0.159. The number of fused-ring (bicyclic) bond motifs is 5. The van der Waals surface area contributed by atoms with Crippen molar-refractivity contribution in [3.63, 3.8) is 0 Å². The van der Waals surface area contributed by atoms with Crippen LogP contribution in [-0.4, -0.2) is 11.9 Å². The summed E-state index contributed by atoms with van der Waals surface area (Å²) in [5, 5.41) is 0. The Bertz CT molecular complexity index is 1080. The molecule has 29 heavy (non-hydrogen) atoms. The van der Waals surface area contributed by atoms with E-state index in [-0.39, 0.29) is 16.6 Å². The van der Waals surface area contributed by atoms with E-state index in [0.29, 0.717) is 12.3 Å². The highest BCUT2D eigenvalue weighted by Gasteiger charge is 2.92. The molecule has 0 aromatic heterocycles. The van der Waals surface area contributed by atoms with Crippen LogP contribution >= 0.6 is 0 Å². The normalized spacial score (nSPS) is 37.2. The molecule has 3 fully saturated rings. The number of Topliss-reactive ketones (excluding diaryl/α,β-unsaturated/α-hetero) is 1. The van der Waals surface area contributed by atoms with Crippen molar-refractivity contribution in [3.8, 4) is 0 Å². The second kappa shape index (κ2) is 5.67. The molecule has 0 radical (unpaired) electrons. The van der Waals surface area contributed by atoms with Gasteiger partial charge >= 0.3 is 0 Å². The van der Waals surface area contributed by atoms with Crippen molar-refractivity contribution in [1.29, 1.82) is 0 Å². The number of hydrogen-bond acceptors (Lipinski definition) is 2. The van der Waals surface area contributed by atoms with Gasteiger partial charge in [-0.1, -0.05) is 97.9 Å². The molecule has 2 aliphatic heterocycles. The van der Waals surface area contributed by atoms with E-state index >= 15 is 0 Å². The highest BCUT2D eigenvalue weighted by Crippen LogP contribution is 2.85. The van der Waals surface area contributed by atoms with Crippen LogP contribution in [0, 0.1) is 5.92 Å². The summed E-state index contributed by atoms with van der Waals surface area (Å²) in [7, 11) is 0. The number of carbonyl (C=O) groups excluding carboxylic acids is 1. The molecule has 0 spiro atoms. The highest BCUT2D eigenvalue weighted by molar-refractivity contribution is 5.90. The molecule has 2 heteroatoms. The van der Waals surface area contributed by atoms with Crippen LogP contribution < -0.4 is 0 Å². The second-order valence-electron chi connectivity index (χ2n) is 8.79. The van der Waals surface area contributed by atoms with E-state index in [0.717, 1.165) is 6.42 Å². The van der Waals surface area contributed by atoms with Gasteiger partial charge in [-0.3, -0.25) is 4.79 Å². The summed E-state index contributed by atoms with van der Waals surface area (Å²) in [5.41, 5.74) is 2.67. The molecule has 6 rings (SSSR count). The van der Waals surface area contributed by atoms with Gasteiger partial charge < -0.3 is 4.74 Å².